The van der Waals surface area contributed by atoms with E-state index in [1.165, 1.54) is 0 Å². The van der Waals surface area contributed by atoms with Crippen LogP contribution in [0.2, 0.25) is 0 Å². The lowest BCUT2D eigenvalue weighted by Gasteiger charge is -2.27. The number of carbonyl (C=O) groups is 1. The molecule has 0 radical (unpaired) electrons. The third-order valence-corrected chi connectivity index (χ3v) is 2.48. The summed E-state index contributed by atoms with van der Waals surface area (Å²) in [4.78, 5) is 11.0. The Balaban J connectivity index is 2.27. The van der Waals surface area contributed by atoms with Crippen LogP contribution < -0.4 is 5.32 Å². The molecule has 0 saturated carbocycles. The molecule has 1 saturated heterocycles. The van der Waals surface area contributed by atoms with E-state index in [2.05, 4.69) is 21.2 Å². The summed E-state index contributed by atoms with van der Waals surface area (Å²) in [5, 5.41) is 3.32. The minimum atomic E-state index is 0.0640. The average Bonchev–Trinajstić information content (AvgIpc) is 2.04. The molecule has 1 amide bonds. The van der Waals surface area contributed by atoms with Crippen LogP contribution in [0.1, 0.15) is 19.8 Å². The summed E-state index contributed by atoms with van der Waals surface area (Å²) in [7, 11) is 0. The van der Waals surface area contributed by atoms with E-state index in [-0.39, 0.29) is 12.0 Å². The normalized spacial score (nSPS) is 29.8. The van der Waals surface area contributed by atoms with Gasteiger partial charge in [-0.25, -0.2) is 0 Å². The van der Waals surface area contributed by atoms with Gasteiger partial charge in [0.2, 0.25) is 5.91 Å². The standard InChI is InChI=1S/C8H14BrNO2/c1-6-4-7(2-3-12-6)10-8(11)5-9/h6-7H,2-5H2,1H3,(H,10,11). The number of nitrogens with one attached hydrogen (secondary N) is 1. The van der Waals surface area contributed by atoms with Crippen LogP contribution in [0.4, 0.5) is 0 Å². The van der Waals surface area contributed by atoms with Gasteiger partial charge in [-0.1, -0.05) is 15.9 Å². The van der Waals surface area contributed by atoms with Crippen molar-refractivity contribution in [3.05, 3.63) is 0 Å². The van der Waals surface area contributed by atoms with Gasteiger partial charge in [-0.05, 0) is 19.8 Å². The molecule has 0 aliphatic carbocycles. The summed E-state index contributed by atoms with van der Waals surface area (Å²) in [5.41, 5.74) is 0. The molecule has 0 aromatic heterocycles. The molecule has 4 heteroatoms. The Kier molecular flexibility index (Phi) is 4.01. The van der Waals surface area contributed by atoms with E-state index in [0.29, 0.717) is 11.4 Å². The number of alkyl halides is 1. The van der Waals surface area contributed by atoms with Crippen LogP contribution in [0.25, 0.3) is 0 Å². The van der Waals surface area contributed by atoms with Gasteiger partial charge in [-0.15, -0.1) is 0 Å². The van der Waals surface area contributed by atoms with Gasteiger partial charge >= 0.3 is 0 Å². The lowest BCUT2D eigenvalue weighted by molar-refractivity contribution is -0.120. The number of hydrogen-bond donors (Lipinski definition) is 1. The molecular weight excluding hydrogens is 222 g/mol. The maximum Gasteiger partial charge on any atom is 0.230 e. The fourth-order valence-electron chi connectivity index (χ4n) is 1.40. The highest BCUT2D eigenvalue weighted by Crippen LogP contribution is 2.12. The number of ether oxygens (including phenoxy) is 1. The van der Waals surface area contributed by atoms with Crippen molar-refractivity contribution in [2.24, 2.45) is 0 Å². The van der Waals surface area contributed by atoms with Gasteiger partial charge in [0.15, 0.2) is 0 Å². The Labute approximate surface area is 81.0 Å². The maximum absolute atomic E-state index is 11.0. The molecule has 1 aliphatic heterocycles. The van der Waals surface area contributed by atoms with Crippen LogP contribution in [0.15, 0.2) is 0 Å². The maximum atomic E-state index is 11.0. The average molecular weight is 236 g/mol. The molecule has 0 bridgehead atoms. The minimum Gasteiger partial charge on any atom is -0.378 e. The molecule has 1 fully saturated rings. The third-order valence-electron chi connectivity index (χ3n) is 1.97. The second-order valence-corrected chi connectivity index (χ2v) is 3.66. The lowest BCUT2D eigenvalue weighted by atomic mass is 10.0. The van der Waals surface area contributed by atoms with Crippen LogP contribution in [0.5, 0.6) is 0 Å². The second-order valence-electron chi connectivity index (χ2n) is 3.10. The molecule has 0 aromatic rings. The van der Waals surface area contributed by atoms with Crippen molar-refractivity contribution in [1.29, 1.82) is 0 Å². The highest BCUT2D eigenvalue weighted by Gasteiger charge is 2.20. The molecule has 70 valence electrons. The molecule has 1 heterocycles. The van der Waals surface area contributed by atoms with Crippen LogP contribution in [-0.2, 0) is 9.53 Å². The summed E-state index contributed by atoms with van der Waals surface area (Å²) in [5.74, 6) is 0.0640. The Hall–Kier alpha value is -0.0900. The molecule has 1 rings (SSSR count). The summed E-state index contributed by atoms with van der Waals surface area (Å²) < 4.78 is 5.36. The fraction of sp³-hybridized carbons (Fsp3) is 0.875. The molecule has 1 aliphatic rings. The zero-order valence-electron chi connectivity index (χ0n) is 7.18. The van der Waals surface area contributed by atoms with Gasteiger partial charge in [0.1, 0.15) is 0 Å². The third kappa shape index (κ3) is 3.11. The molecule has 3 nitrogen and oxygen atoms in total. The number of halogens is 1. The van der Waals surface area contributed by atoms with E-state index in [0.717, 1.165) is 19.4 Å². The fourth-order valence-corrected chi connectivity index (χ4v) is 1.56. The van der Waals surface area contributed by atoms with E-state index in [1.54, 1.807) is 0 Å². The smallest absolute Gasteiger partial charge is 0.230 e. The highest BCUT2D eigenvalue weighted by molar-refractivity contribution is 9.09. The summed E-state index contributed by atoms with van der Waals surface area (Å²) >= 11 is 3.11. The molecule has 0 aromatic carbocycles. The first-order valence-electron chi connectivity index (χ1n) is 4.19. The quantitative estimate of drug-likeness (QED) is 0.728. The summed E-state index contributed by atoms with van der Waals surface area (Å²) in [6.45, 7) is 2.79. The van der Waals surface area contributed by atoms with Crippen molar-refractivity contribution in [2.45, 2.75) is 31.9 Å². The topological polar surface area (TPSA) is 38.3 Å². The molecular formula is C8H14BrNO2. The van der Waals surface area contributed by atoms with Crippen molar-refractivity contribution in [3.63, 3.8) is 0 Å². The molecule has 1 N–H and O–H groups in total. The lowest BCUT2D eigenvalue weighted by Crippen LogP contribution is -2.41. The van der Waals surface area contributed by atoms with Gasteiger partial charge in [0, 0.05) is 12.6 Å². The van der Waals surface area contributed by atoms with Crippen LogP contribution in [0.3, 0.4) is 0 Å². The van der Waals surface area contributed by atoms with Gasteiger partial charge < -0.3 is 10.1 Å². The predicted molar refractivity (Wildman–Crippen MR) is 50.4 cm³/mol. The van der Waals surface area contributed by atoms with Crippen molar-refractivity contribution in [1.82, 2.24) is 5.32 Å². The first kappa shape index (κ1) is 9.99. The summed E-state index contributed by atoms with van der Waals surface area (Å²) in [6, 6.07) is 0.304. The summed E-state index contributed by atoms with van der Waals surface area (Å²) in [6.07, 6.45) is 2.14. The first-order valence-corrected chi connectivity index (χ1v) is 5.31. The van der Waals surface area contributed by atoms with E-state index >= 15 is 0 Å². The van der Waals surface area contributed by atoms with E-state index in [1.807, 2.05) is 6.92 Å². The number of carbonyl (C=O) groups excluding carboxylic acids is 1. The van der Waals surface area contributed by atoms with Gasteiger partial charge in [-0.2, -0.15) is 0 Å². The highest BCUT2D eigenvalue weighted by atomic mass is 79.9. The van der Waals surface area contributed by atoms with Crippen molar-refractivity contribution >= 4 is 21.8 Å². The van der Waals surface area contributed by atoms with Crippen molar-refractivity contribution < 1.29 is 9.53 Å². The van der Waals surface area contributed by atoms with Gasteiger partial charge in [0.05, 0.1) is 11.4 Å². The number of amides is 1. The SMILES string of the molecule is CC1CC(NC(=O)CBr)CCO1. The Morgan fingerprint density at radius 3 is 3.08 bits per heavy atom. The first-order chi connectivity index (χ1) is 5.72. The van der Waals surface area contributed by atoms with Crippen molar-refractivity contribution in [2.75, 3.05) is 11.9 Å². The molecule has 2 atom stereocenters. The zero-order chi connectivity index (χ0) is 8.97. The van der Waals surface area contributed by atoms with Gasteiger partial charge in [-0.3, -0.25) is 4.79 Å². The van der Waals surface area contributed by atoms with E-state index in [4.69, 9.17) is 4.74 Å². The van der Waals surface area contributed by atoms with Gasteiger partial charge in [0.25, 0.3) is 0 Å². The molecule has 12 heavy (non-hydrogen) atoms. The molecule has 2 unspecified atom stereocenters. The Bertz CT molecular complexity index is 163. The van der Waals surface area contributed by atoms with Crippen LogP contribution in [-0.4, -0.2) is 30.0 Å². The van der Waals surface area contributed by atoms with Crippen LogP contribution >= 0.6 is 15.9 Å². The monoisotopic (exact) mass is 235 g/mol. The van der Waals surface area contributed by atoms with Crippen molar-refractivity contribution in [3.8, 4) is 0 Å². The van der Waals surface area contributed by atoms with Crippen LogP contribution in [0, 0.1) is 0 Å². The van der Waals surface area contributed by atoms with E-state index in [9.17, 15) is 4.79 Å². The zero-order valence-corrected chi connectivity index (χ0v) is 8.76. The number of rotatable bonds is 2. The van der Waals surface area contributed by atoms with E-state index < -0.39 is 0 Å². The molecule has 0 spiro atoms. The Morgan fingerprint density at radius 2 is 2.50 bits per heavy atom. The second kappa shape index (κ2) is 4.82. The number of hydrogen-bond acceptors (Lipinski definition) is 2. The minimum absolute atomic E-state index is 0.0640. The predicted octanol–water partition coefficient (Wildman–Crippen LogP) is 1.06. The largest absolute Gasteiger partial charge is 0.378 e. The Morgan fingerprint density at radius 1 is 1.75 bits per heavy atom.